The van der Waals surface area contributed by atoms with E-state index >= 15 is 0 Å². The molecule has 2 fully saturated rings. The van der Waals surface area contributed by atoms with Gasteiger partial charge in [-0.2, -0.15) is 0 Å². The summed E-state index contributed by atoms with van der Waals surface area (Å²) in [5.41, 5.74) is 1.85. The van der Waals surface area contributed by atoms with Gasteiger partial charge in [-0.05, 0) is 49.9 Å². The average molecular weight is 353 g/mol. The summed E-state index contributed by atoms with van der Waals surface area (Å²) in [5, 5.41) is 2.80. The fourth-order valence-electron chi connectivity index (χ4n) is 4.45. The third-order valence-electron chi connectivity index (χ3n) is 5.79. The van der Waals surface area contributed by atoms with E-state index in [1.165, 1.54) is 71.1 Å². The van der Waals surface area contributed by atoms with E-state index in [0.29, 0.717) is 0 Å². The standard InChI is InChI=1S/C23H32N2O/c1-19(26)24-21-16-14-20(15-17-21)9-8-18-25(22-10-4-2-5-11-22)23-12-6-3-7-13-23/h14-17,22-23H,2-7,10-13,18H2,1H3,(H,24,26). The molecule has 2 aliphatic carbocycles. The Balaban J connectivity index is 1.63. The van der Waals surface area contributed by atoms with Crippen molar-refractivity contribution in [2.24, 2.45) is 0 Å². The molecule has 2 aliphatic rings. The van der Waals surface area contributed by atoms with Gasteiger partial charge in [-0.3, -0.25) is 9.69 Å². The highest BCUT2D eigenvalue weighted by molar-refractivity contribution is 5.88. The van der Waals surface area contributed by atoms with Crippen LogP contribution in [0, 0.1) is 11.8 Å². The van der Waals surface area contributed by atoms with Crippen LogP contribution in [0.4, 0.5) is 5.69 Å². The zero-order valence-electron chi connectivity index (χ0n) is 16.1. The van der Waals surface area contributed by atoms with E-state index in [2.05, 4.69) is 22.1 Å². The maximum Gasteiger partial charge on any atom is 0.221 e. The normalized spacial score (nSPS) is 19.0. The monoisotopic (exact) mass is 352 g/mol. The van der Waals surface area contributed by atoms with E-state index in [1.54, 1.807) is 0 Å². The summed E-state index contributed by atoms with van der Waals surface area (Å²) in [7, 11) is 0. The lowest BCUT2D eigenvalue weighted by Gasteiger charge is -2.40. The van der Waals surface area contributed by atoms with Crippen LogP contribution in [0.2, 0.25) is 0 Å². The van der Waals surface area contributed by atoms with Crippen LogP contribution in [0.25, 0.3) is 0 Å². The second kappa shape index (κ2) is 9.78. The lowest BCUT2D eigenvalue weighted by atomic mass is 9.88. The molecule has 1 aromatic carbocycles. The van der Waals surface area contributed by atoms with Crippen molar-refractivity contribution in [3.8, 4) is 11.8 Å². The molecule has 0 saturated heterocycles. The molecule has 0 unspecified atom stereocenters. The zero-order valence-corrected chi connectivity index (χ0v) is 16.1. The molecule has 0 spiro atoms. The van der Waals surface area contributed by atoms with Gasteiger partial charge in [0.15, 0.2) is 0 Å². The number of rotatable bonds is 4. The molecule has 1 N–H and O–H groups in total. The van der Waals surface area contributed by atoms with E-state index in [0.717, 1.165) is 29.9 Å². The van der Waals surface area contributed by atoms with Gasteiger partial charge < -0.3 is 5.32 Å². The molecule has 0 atom stereocenters. The Morgan fingerprint density at radius 3 is 2.00 bits per heavy atom. The molecule has 3 nitrogen and oxygen atoms in total. The van der Waals surface area contributed by atoms with Crippen LogP contribution in [0.15, 0.2) is 24.3 Å². The molecule has 1 amide bonds. The predicted molar refractivity (Wildman–Crippen MR) is 108 cm³/mol. The smallest absolute Gasteiger partial charge is 0.221 e. The van der Waals surface area contributed by atoms with Gasteiger partial charge in [0.05, 0.1) is 6.54 Å². The summed E-state index contributed by atoms with van der Waals surface area (Å²) in [6.07, 6.45) is 13.7. The van der Waals surface area contributed by atoms with Crippen LogP contribution in [-0.2, 0) is 4.79 Å². The van der Waals surface area contributed by atoms with E-state index in [9.17, 15) is 4.79 Å². The first kappa shape index (κ1) is 19.0. The maximum absolute atomic E-state index is 11.1. The van der Waals surface area contributed by atoms with Gasteiger partial charge in [0, 0.05) is 30.3 Å². The van der Waals surface area contributed by atoms with Crippen molar-refractivity contribution in [2.45, 2.75) is 83.2 Å². The second-order valence-electron chi connectivity index (χ2n) is 7.82. The Morgan fingerprint density at radius 1 is 0.962 bits per heavy atom. The highest BCUT2D eigenvalue weighted by atomic mass is 16.1. The SMILES string of the molecule is CC(=O)Nc1ccc(C#CCN(C2CCCCC2)C2CCCCC2)cc1. The van der Waals surface area contributed by atoms with Crippen molar-refractivity contribution in [1.82, 2.24) is 4.90 Å². The lowest BCUT2D eigenvalue weighted by molar-refractivity contribution is -0.114. The first-order valence-corrected chi connectivity index (χ1v) is 10.3. The fraction of sp³-hybridized carbons (Fsp3) is 0.609. The molecule has 2 saturated carbocycles. The number of hydrogen-bond acceptors (Lipinski definition) is 2. The van der Waals surface area contributed by atoms with Gasteiger partial charge in [-0.1, -0.05) is 50.4 Å². The average Bonchev–Trinajstić information content (AvgIpc) is 2.67. The molecule has 0 aromatic heterocycles. The molecule has 140 valence electrons. The minimum atomic E-state index is -0.0422. The minimum Gasteiger partial charge on any atom is -0.326 e. The molecule has 0 aliphatic heterocycles. The quantitative estimate of drug-likeness (QED) is 0.777. The topological polar surface area (TPSA) is 32.3 Å². The molecule has 0 heterocycles. The minimum absolute atomic E-state index is 0.0422. The molecular weight excluding hydrogens is 320 g/mol. The number of benzene rings is 1. The number of anilines is 1. The zero-order chi connectivity index (χ0) is 18.2. The fourth-order valence-corrected chi connectivity index (χ4v) is 4.45. The first-order valence-electron chi connectivity index (χ1n) is 10.3. The Kier molecular flexibility index (Phi) is 7.14. The molecule has 26 heavy (non-hydrogen) atoms. The molecule has 0 bridgehead atoms. The number of carbonyl (C=O) groups is 1. The molecule has 3 rings (SSSR count). The van der Waals surface area contributed by atoms with Crippen LogP contribution in [0.5, 0.6) is 0 Å². The summed E-state index contributed by atoms with van der Waals surface area (Å²) < 4.78 is 0. The van der Waals surface area contributed by atoms with Crippen molar-refractivity contribution < 1.29 is 4.79 Å². The highest BCUT2D eigenvalue weighted by Crippen LogP contribution is 2.29. The summed E-state index contributed by atoms with van der Waals surface area (Å²) in [6.45, 7) is 2.42. The van der Waals surface area contributed by atoms with Gasteiger partial charge in [-0.15, -0.1) is 0 Å². The Bertz CT molecular complexity index is 610. The van der Waals surface area contributed by atoms with Crippen LogP contribution >= 0.6 is 0 Å². The lowest BCUT2D eigenvalue weighted by Crippen LogP contribution is -2.45. The Labute approximate surface area is 158 Å². The van der Waals surface area contributed by atoms with E-state index in [4.69, 9.17) is 0 Å². The first-order chi connectivity index (χ1) is 12.7. The number of amides is 1. The number of nitrogens with zero attached hydrogens (tertiary/aromatic N) is 1. The second-order valence-corrected chi connectivity index (χ2v) is 7.82. The van der Waals surface area contributed by atoms with E-state index in [1.807, 2.05) is 24.3 Å². The van der Waals surface area contributed by atoms with Gasteiger partial charge >= 0.3 is 0 Å². The summed E-state index contributed by atoms with van der Waals surface area (Å²) in [6, 6.07) is 9.30. The Morgan fingerprint density at radius 2 is 1.50 bits per heavy atom. The summed E-state index contributed by atoms with van der Waals surface area (Å²) >= 11 is 0. The van der Waals surface area contributed by atoms with E-state index in [-0.39, 0.29) is 5.91 Å². The van der Waals surface area contributed by atoms with Gasteiger partial charge in [0.1, 0.15) is 0 Å². The predicted octanol–water partition coefficient (Wildman–Crippen LogP) is 4.96. The van der Waals surface area contributed by atoms with Gasteiger partial charge in [0.25, 0.3) is 0 Å². The largest absolute Gasteiger partial charge is 0.326 e. The van der Waals surface area contributed by atoms with Crippen molar-refractivity contribution >= 4 is 11.6 Å². The van der Waals surface area contributed by atoms with Crippen LogP contribution < -0.4 is 5.32 Å². The molecular formula is C23H32N2O. The van der Waals surface area contributed by atoms with Crippen LogP contribution in [0.1, 0.15) is 76.7 Å². The van der Waals surface area contributed by atoms with Crippen molar-refractivity contribution in [3.63, 3.8) is 0 Å². The van der Waals surface area contributed by atoms with Crippen molar-refractivity contribution in [1.29, 1.82) is 0 Å². The summed E-state index contributed by atoms with van der Waals surface area (Å²) in [5.74, 6) is 6.73. The Hall–Kier alpha value is -1.79. The number of hydrogen-bond donors (Lipinski definition) is 1. The third kappa shape index (κ3) is 5.61. The number of carbonyl (C=O) groups excluding carboxylic acids is 1. The number of nitrogens with one attached hydrogen (secondary N) is 1. The van der Waals surface area contributed by atoms with Gasteiger partial charge in [0.2, 0.25) is 5.91 Å². The van der Waals surface area contributed by atoms with Gasteiger partial charge in [-0.25, -0.2) is 0 Å². The molecule has 0 radical (unpaired) electrons. The van der Waals surface area contributed by atoms with Crippen molar-refractivity contribution in [3.05, 3.63) is 29.8 Å². The van der Waals surface area contributed by atoms with Crippen LogP contribution in [-0.4, -0.2) is 29.4 Å². The molecule has 3 heteroatoms. The van der Waals surface area contributed by atoms with E-state index < -0.39 is 0 Å². The summed E-state index contributed by atoms with van der Waals surface area (Å²) in [4.78, 5) is 13.8. The highest BCUT2D eigenvalue weighted by Gasteiger charge is 2.27. The molecule has 1 aromatic rings. The third-order valence-corrected chi connectivity index (χ3v) is 5.79. The van der Waals surface area contributed by atoms with Crippen LogP contribution in [0.3, 0.4) is 0 Å². The maximum atomic E-state index is 11.1. The van der Waals surface area contributed by atoms with Crippen molar-refractivity contribution in [2.75, 3.05) is 11.9 Å².